The summed E-state index contributed by atoms with van der Waals surface area (Å²) in [4.78, 5) is 12.4. The van der Waals surface area contributed by atoms with Gasteiger partial charge in [0, 0.05) is 28.7 Å². The van der Waals surface area contributed by atoms with Crippen molar-refractivity contribution < 1.29 is 4.74 Å². The number of benzene rings is 2. The maximum Gasteiger partial charge on any atom is 0.130 e. The molecule has 4 aromatic rings. The van der Waals surface area contributed by atoms with E-state index in [1.165, 1.54) is 5.39 Å². The van der Waals surface area contributed by atoms with Gasteiger partial charge in [-0.2, -0.15) is 0 Å². The Morgan fingerprint density at radius 2 is 1.93 bits per heavy atom. The minimum atomic E-state index is 0.0920. The largest absolute Gasteiger partial charge is 0.497 e. The SMILES string of the molecule is COc1cccc([C@H](C)Nc2cc(-c3ccc4[nH]ccc4c3)nc(C)n2)c1. The number of nitrogens with one attached hydrogen (secondary N) is 2. The van der Waals surface area contributed by atoms with Gasteiger partial charge in [0.1, 0.15) is 17.4 Å². The molecule has 5 nitrogen and oxygen atoms in total. The van der Waals surface area contributed by atoms with E-state index in [1.807, 2.05) is 37.4 Å². The van der Waals surface area contributed by atoms with Gasteiger partial charge >= 0.3 is 0 Å². The normalized spacial score (nSPS) is 12.1. The molecule has 0 spiro atoms. The number of aromatic amines is 1. The van der Waals surface area contributed by atoms with Crippen LogP contribution in [-0.2, 0) is 0 Å². The Hall–Kier alpha value is -3.34. The molecule has 0 amide bonds. The molecule has 0 saturated heterocycles. The predicted octanol–water partition coefficient (Wildman–Crippen LogP) is 5.12. The number of ether oxygens (including phenoxy) is 1. The van der Waals surface area contributed by atoms with E-state index in [4.69, 9.17) is 4.74 Å². The van der Waals surface area contributed by atoms with Crippen LogP contribution in [0.4, 0.5) is 5.82 Å². The van der Waals surface area contributed by atoms with E-state index in [2.05, 4.69) is 57.5 Å². The van der Waals surface area contributed by atoms with Crippen LogP contribution >= 0.6 is 0 Å². The smallest absolute Gasteiger partial charge is 0.130 e. The Bertz CT molecular complexity index is 1090. The van der Waals surface area contributed by atoms with Crippen LogP contribution < -0.4 is 10.1 Å². The third kappa shape index (κ3) is 3.62. The van der Waals surface area contributed by atoms with Crippen LogP contribution in [0.15, 0.2) is 60.8 Å². The molecule has 2 N–H and O–H groups in total. The Morgan fingerprint density at radius 1 is 1.04 bits per heavy atom. The Kier molecular flexibility index (Phi) is 4.50. The van der Waals surface area contributed by atoms with Crippen LogP contribution in [0.2, 0.25) is 0 Å². The van der Waals surface area contributed by atoms with Gasteiger partial charge in [-0.1, -0.05) is 18.2 Å². The number of hydrogen-bond acceptors (Lipinski definition) is 4. The van der Waals surface area contributed by atoms with Crippen molar-refractivity contribution in [3.05, 3.63) is 72.2 Å². The van der Waals surface area contributed by atoms with E-state index < -0.39 is 0 Å². The molecule has 0 saturated carbocycles. The topological polar surface area (TPSA) is 62.8 Å². The summed E-state index contributed by atoms with van der Waals surface area (Å²) < 4.78 is 5.32. The summed E-state index contributed by atoms with van der Waals surface area (Å²) in [5.41, 5.74) is 4.24. The maximum atomic E-state index is 5.32. The lowest BCUT2D eigenvalue weighted by Gasteiger charge is -2.16. The van der Waals surface area contributed by atoms with Crippen molar-refractivity contribution in [3.8, 4) is 17.0 Å². The highest BCUT2D eigenvalue weighted by atomic mass is 16.5. The molecule has 0 fully saturated rings. The fraction of sp³-hybridized carbons (Fsp3) is 0.182. The molecule has 0 unspecified atom stereocenters. The van der Waals surface area contributed by atoms with Gasteiger partial charge in [-0.3, -0.25) is 0 Å². The van der Waals surface area contributed by atoms with Gasteiger partial charge in [0.15, 0.2) is 0 Å². The zero-order valence-electron chi connectivity index (χ0n) is 15.7. The van der Waals surface area contributed by atoms with Gasteiger partial charge in [0.2, 0.25) is 0 Å². The van der Waals surface area contributed by atoms with Crippen molar-refractivity contribution in [1.29, 1.82) is 0 Å². The summed E-state index contributed by atoms with van der Waals surface area (Å²) >= 11 is 0. The van der Waals surface area contributed by atoms with Crippen LogP contribution in [-0.4, -0.2) is 22.1 Å². The molecular weight excluding hydrogens is 336 g/mol. The standard InChI is InChI=1S/C22H22N4O/c1-14(16-5-4-6-19(12-16)27-3)24-22-13-21(25-15(2)26-22)17-7-8-20-18(11-17)9-10-23-20/h4-14,23H,1-3H3,(H,24,25,26)/t14-/m0/s1. The van der Waals surface area contributed by atoms with Crippen molar-refractivity contribution >= 4 is 16.7 Å². The molecule has 4 rings (SSSR count). The lowest BCUT2D eigenvalue weighted by Crippen LogP contribution is -2.09. The third-order valence-corrected chi connectivity index (χ3v) is 4.65. The molecule has 0 aliphatic rings. The van der Waals surface area contributed by atoms with Gasteiger partial charge in [-0.25, -0.2) is 9.97 Å². The van der Waals surface area contributed by atoms with E-state index in [0.717, 1.165) is 39.7 Å². The van der Waals surface area contributed by atoms with Crippen LogP contribution in [0, 0.1) is 6.92 Å². The molecule has 2 heterocycles. The highest BCUT2D eigenvalue weighted by Gasteiger charge is 2.10. The molecule has 0 bridgehead atoms. The molecular formula is C22H22N4O. The monoisotopic (exact) mass is 358 g/mol. The highest BCUT2D eigenvalue weighted by Crippen LogP contribution is 2.26. The first-order valence-electron chi connectivity index (χ1n) is 8.96. The molecule has 5 heteroatoms. The van der Waals surface area contributed by atoms with E-state index in [-0.39, 0.29) is 6.04 Å². The second kappa shape index (κ2) is 7.11. The van der Waals surface area contributed by atoms with E-state index in [9.17, 15) is 0 Å². The van der Waals surface area contributed by atoms with Crippen LogP contribution in [0.25, 0.3) is 22.2 Å². The number of methoxy groups -OCH3 is 1. The first-order valence-corrected chi connectivity index (χ1v) is 8.96. The number of H-pyrrole nitrogens is 1. The average molecular weight is 358 g/mol. The third-order valence-electron chi connectivity index (χ3n) is 4.65. The molecule has 136 valence electrons. The number of hydrogen-bond donors (Lipinski definition) is 2. The Balaban J connectivity index is 1.63. The summed E-state index contributed by atoms with van der Waals surface area (Å²) in [5.74, 6) is 2.39. The summed E-state index contributed by atoms with van der Waals surface area (Å²) in [6.45, 7) is 4.03. The fourth-order valence-electron chi connectivity index (χ4n) is 3.22. The number of fused-ring (bicyclic) bond motifs is 1. The predicted molar refractivity (Wildman–Crippen MR) is 109 cm³/mol. The minimum absolute atomic E-state index is 0.0920. The lowest BCUT2D eigenvalue weighted by atomic mass is 10.1. The highest BCUT2D eigenvalue weighted by molar-refractivity contribution is 5.84. The average Bonchev–Trinajstić information content (AvgIpc) is 3.15. The lowest BCUT2D eigenvalue weighted by molar-refractivity contribution is 0.414. The molecule has 0 aliphatic heterocycles. The Labute approximate surface area is 158 Å². The van der Waals surface area contributed by atoms with Crippen molar-refractivity contribution in [2.24, 2.45) is 0 Å². The molecule has 2 aromatic carbocycles. The van der Waals surface area contributed by atoms with Crippen LogP contribution in [0.3, 0.4) is 0 Å². The number of aromatic nitrogens is 3. The van der Waals surface area contributed by atoms with Gasteiger partial charge in [-0.15, -0.1) is 0 Å². The van der Waals surface area contributed by atoms with Gasteiger partial charge in [0.05, 0.1) is 18.8 Å². The number of rotatable bonds is 5. The van der Waals surface area contributed by atoms with Gasteiger partial charge in [0.25, 0.3) is 0 Å². The molecule has 1 atom stereocenters. The van der Waals surface area contributed by atoms with E-state index >= 15 is 0 Å². The number of nitrogens with zero attached hydrogens (tertiary/aromatic N) is 2. The number of aryl methyl sites for hydroxylation is 1. The van der Waals surface area contributed by atoms with Gasteiger partial charge < -0.3 is 15.0 Å². The fourth-order valence-corrected chi connectivity index (χ4v) is 3.22. The summed E-state index contributed by atoms with van der Waals surface area (Å²) in [5, 5.41) is 4.65. The summed E-state index contributed by atoms with van der Waals surface area (Å²) in [7, 11) is 1.68. The maximum absolute atomic E-state index is 5.32. The molecule has 0 aliphatic carbocycles. The molecule has 2 aromatic heterocycles. The Morgan fingerprint density at radius 3 is 2.78 bits per heavy atom. The van der Waals surface area contributed by atoms with Gasteiger partial charge in [-0.05, 0) is 49.7 Å². The summed E-state index contributed by atoms with van der Waals surface area (Å²) in [6, 6.07) is 18.5. The quantitative estimate of drug-likeness (QED) is 0.520. The second-order valence-electron chi connectivity index (χ2n) is 6.61. The van der Waals surface area contributed by atoms with Crippen molar-refractivity contribution in [2.45, 2.75) is 19.9 Å². The molecule has 27 heavy (non-hydrogen) atoms. The van der Waals surface area contributed by atoms with Crippen LogP contribution in [0.1, 0.15) is 24.4 Å². The van der Waals surface area contributed by atoms with Crippen LogP contribution in [0.5, 0.6) is 5.75 Å². The molecule has 0 radical (unpaired) electrons. The number of anilines is 1. The van der Waals surface area contributed by atoms with E-state index in [0.29, 0.717) is 0 Å². The van der Waals surface area contributed by atoms with Crippen molar-refractivity contribution in [3.63, 3.8) is 0 Å². The van der Waals surface area contributed by atoms with E-state index in [1.54, 1.807) is 7.11 Å². The van der Waals surface area contributed by atoms with Crippen molar-refractivity contribution in [2.75, 3.05) is 12.4 Å². The second-order valence-corrected chi connectivity index (χ2v) is 6.61. The van der Waals surface area contributed by atoms with Crippen molar-refractivity contribution in [1.82, 2.24) is 15.0 Å². The first kappa shape index (κ1) is 17.1. The first-order chi connectivity index (χ1) is 13.1. The zero-order valence-corrected chi connectivity index (χ0v) is 15.7. The minimum Gasteiger partial charge on any atom is -0.497 e. The summed E-state index contributed by atoms with van der Waals surface area (Å²) in [6.07, 6.45) is 1.95. The zero-order chi connectivity index (χ0) is 18.8.